The topological polar surface area (TPSA) is 47.6 Å². The zero-order valence-corrected chi connectivity index (χ0v) is 9.16. The van der Waals surface area contributed by atoms with Crippen molar-refractivity contribution in [2.24, 2.45) is 0 Å². The molecule has 0 saturated carbocycles. The van der Waals surface area contributed by atoms with E-state index in [0.29, 0.717) is 18.6 Å². The summed E-state index contributed by atoms with van der Waals surface area (Å²) in [5.41, 5.74) is 0.0335. The Kier molecular flexibility index (Phi) is 2.21. The predicted octanol–water partition coefficient (Wildman–Crippen LogP) is 1.93. The second-order valence-electron chi connectivity index (χ2n) is 4.35. The van der Waals surface area contributed by atoms with Gasteiger partial charge in [-0.3, -0.25) is 0 Å². The molecule has 1 fully saturated rings. The molecule has 3 rings (SSSR count). The summed E-state index contributed by atoms with van der Waals surface area (Å²) in [6, 6.07) is 4.75. The number of ether oxygens (including phenoxy) is 2. The SMILES string of the molecule is O=C1N[C@@]2(CCCOc3c(F)cccc32)CO1. The van der Waals surface area contributed by atoms with E-state index in [4.69, 9.17) is 9.47 Å². The molecule has 1 aromatic rings. The van der Waals surface area contributed by atoms with Crippen molar-refractivity contribution in [1.82, 2.24) is 5.32 Å². The molecule has 4 nitrogen and oxygen atoms in total. The number of cyclic esters (lactones) is 1. The number of rotatable bonds is 0. The Bertz CT molecular complexity index is 477. The smallest absolute Gasteiger partial charge is 0.408 e. The van der Waals surface area contributed by atoms with Crippen molar-refractivity contribution >= 4 is 6.09 Å². The van der Waals surface area contributed by atoms with Crippen molar-refractivity contribution in [3.8, 4) is 5.75 Å². The molecular formula is C12H12FNO3. The maximum Gasteiger partial charge on any atom is 0.408 e. The molecule has 1 atom stereocenters. The van der Waals surface area contributed by atoms with E-state index >= 15 is 0 Å². The minimum absolute atomic E-state index is 0.228. The third kappa shape index (κ3) is 1.53. The van der Waals surface area contributed by atoms with Gasteiger partial charge in [-0.1, -0.05) is 12.1 Å². The van der Waals surface area contributed by atoms with Gasteiger partial charge in [-0.15, -0.1) is 0 Å². The first kappa shape index (κ1) is 10.4. The number of carbonyl (C=O) groups is 1. The summed E-state index contributed by atoms with van der Waals surface area (Å²) in [7, 11) is 0. The van der Waals surface area contributed by atoms with Crippen molar-refractivity contribution in [3.63, 3.8) is 0 Å². The van der Waals surface area contributed by atoms with Crippen molar-refractivity contribution < 1.29 is 18.7 Å². The number of hydrogen-bond acceptors (Lipinski definition) is 3. The monoisotopic (exact) mass is 237 g/mol. The lowest BCUT2D eigenvalue weighted by atomic mass is 9.87. The van der Waals surface area contributed by atoms with Crippen molar-refractivity contribution in [1.29, 1.82) is 0 Å². The van der Waals surface area contributed by atoms with Crippen LogP contribution in [-0.4, -0.2) is 19.3 Å². The van der Waals surface area contributed by atoms with Gasteiger partial charge in [0, 0.05) is 5.56 Å². The number of fused-ring (bicyclic) bond motifs is 2. The quantitative estimate of drug-likeness (QED) is 0.750. The van der Waals surface area contributed by atoms with Gasteiger partial charge in [0.1, 0.15) is 12.1 Å². The van der Waals surface area contributed by atoms with Gasteiger partial charge in [0.25, 0.3) is 0 Å². The summed E-state index contributed by atoms with van der Waals surface area (Å²) in [4.78, 5) is 11.3. The fraction of sp³-hybridized carbons (Fsp3) is 0.417. The highest BCUT2D eigenvalue weighted by Gasteiger charge is 2.44. The van der Waals surface area contributed by atoms with Crippen LogP contribution in [0.1, 0.15) is 18.4 Å². The summed E-state index contributed by atoms with van der Waals surface area (Å²) in [5, 5.41) is 2.78. The van der Waals surface area contributed by atoms with Crippen LogP contribution in [0.25, 0.3) is 0 Å². The van der Waals surface area contributed by atoms with Crippen molar-refractivity contribution in [2.75, 3.05) is 13.2 Å². The molecule has 1 aromatic carbocycles. The third-order valence-corrected chi connectivity index (χ3v) is 3.27. The zero-order valence-electron chi connectivity index (χ0n) is 9.16. The number of nitrogens with one attached hydrogen (secondary N) is 1. The minimum atomic E-state index is -0.634. The van der Waals surface area contributed by atoms with E-state index in [1.54, 1.807) is 12.1 Å². The number of hydrogen-bond donors (Lipinski definition) is 1. The molecule has 2 heterocycles. The Morgan fingerprint density at radius 3 is 3.00 bits per heavy atom. The number of benzene rings is 1. The summed E-state index contributed by atoms with van der Waals surface area (Å²) in [6.07, 6.45) is 0.981. The van der Waals surface area contributed by atoms with Gasteiger partial charge in [-0.05, 0) is 18.9 Å². The lowest BCUT2D eigenvalue weighted by Crippen LogP contribution is -2.40. The molecule has 1 spiro atoms. The molecule has 2 aliphatic heterocycles. The van der Waals surface area contributed by atoms with Gasteiger partial charge >= 0.3 is 6.09 Å². The predicted molar refractivity (Wildman–Crippen MR) is 57.3 cm³/mol. The van der Waals surface area contributed by atoms with Crippen LogP contribution in [0, 0.1) is 5.82 Å². The van der Waals surface area contributed by atoms with Crippen molar-refractivity contribution in [2.45, 2.75) is 18.4 Å². The van der Waals surface area contributed by atoms with Crippen LogP contribution in [0.5, 0.6) is 5.75 Å². The summed E-state index contributed by atoms with van der Waals surface area (Å²) < 4.78 is 24.1. The largest absolute Gasteiger partial charge is 0.490 e. The second kappa shape index (κ2) is 3.61. The lowest BCUT2D eigenvalue weighted by molar-refractivity contribution is 0.171. The molecule has 0 radical (unpaired) electrons. The van der Waals surface area contributed by atoms with Crippen molar-refractivity contribution in [3.05, 3.63) is 29.6 Å². The van der Waals surface area contributed by atoms with Crippen LogP contribution >= 0.6 is 0 Å². The van der Waals surface area contributed by atoms with E-state index in [-0.39, 0.29) is 12.4 Å². The Morgan fingerprint density at radius 1 is 1.35 bits per heavy atom. The van der Waals surface area contributed by atoms with E-state index in [1.165, 1.54) is 6.07 Å². The number of halogens is 1. The van der Waals surface area contributed by atoms with Crippen LogP contribution in [-0.2, 0) is 10.3 Å². The van der Waals surface area contributed by atoms with Crippen LogP contribution in [0.15, 0.2) is 18.2 Å². The Balaban J connectivity index is 2.13. The highest BCUT2D eigenvalue weighted by atomic mass is 19.1. The first-order valence-electron chi connectivity index (χ1n) is 5.58. The highest BCUT2D eigenvalue weighted by Crippen LogP contribution is 2.40. The molecule has 1 saturated heterocycles. The molecular weight excluding hydrogens is 225 g/mol. The van der Waals surface area contributed by atoms with Gasteiger partial charge in [0.2, 0.25) is 0 Å². The zero-order chi connectivity index (χ0) is 11.9. The average Bonchev–Trinajstić information content (AvgIpc) is 2.58. The maximum absolute atomic E-state index is 13.7. The maximum atomic E-state index is 13.7. The highest BCUT2D eigenvalue weighted by molar-refractivity contribution is 5.72. The second-order valence-corrected chi connectivity index (χ2v) is 4.35. The summed E-state index contributed by atoms with van der Waals surface area (Å²) >= 11 is 0. The fourth-order valence-electron chi connectivity index (χ4n) is 2.45. The Hall–Kier alpha value is -1.78. The minimum Gasteiger partial charge on any atom is -0.490 e. The van der Waals surface area contributed by atoms with Gasteiger partial charge in [0.05, 0.1) is 6.61 Å². The van der Waals surface area contributed by atoms with Gasteiger partial charge in [-0.25, -0.2) is 9.18 Å². The molecule has 0 unspecified atom stereocenters. The van der Waals surface area contributed by atoms with E-state index in [9.17, 15) is 9.18 Å². The van der Waals surface area contributed by atoms with Crippen LogP contribution < -0.4 is 10.1 Å². The fourth-order valence-corrected chi connectivity index (χ4v) is 2.45. The normalized spacial score (nSPS) is 26.8. The van der Waals surface area contributed by atoms with E-state index in [1.807, 2.05) is 0 Å². The van der Waals surface area contributed by atoms with Gasteiger partial charge in [0.15, 0.2) is 11.6 Å². The van der Waals surface area contributed by atoms with Gasteiger partial charge < -0.3 is 14.8 Å². The number of amides is 1. The molecule has 2 aliphatic rings. The van der Waals surface area contributed by atoms with E-state index in [2.05, 4.69) is 5.32 Å². The molecule has 1 amide bonds. The summed E-state index contributed by atoms with van der Waals surface area (Å²) in [6.45, 7) is 0.678. The van der Waals surface area contributed by atoms with Gasteiger partial charge in [-0.2, -0.15) is 0 Å². The van der Waals surface area contributed by atoms with Crippen LogP contribution in [0.3, 0.4) is 0 Å². The molecule has 90 valence electrons. The molecule has 0 bridgehead atoms. The Morgan fingerprint density at radius 2 is 2.24 bits per heavy atom. The first-order chi connectivity index (χ1) is 8.21. The average molecular weight is 237 g/mol. The number of para-hydroxylation sites is 1. The molecule has 0 aliphatic carbocycles. The van der Waals surface area contributed by atoms with Crippen LogP contribution in [0.2, 0.25) is 0 Å². The standard InChI is InChI=1S/C12H12FNO3/c13-9-4-1-3-8-10(9)16-6-2-5-12(8)7-17-11(15)14-12/h1,3-4H,2,5-7H2,(H,14,15)/t12-/m0/s1. The number of alkyl carbamates (subject to hydrolysis) is 1. The molecule has 5 heteroatoms. The molecule has 0 aromatic heterocycles. The summed E-state index contributed by atoms with van der Waals surface area (Å²) in [5.74, 6) is -0.166. The molecule has 17 heavy (non-hydrogen) atoms. The third-order valence-electron chi connectivity index (χ3n) is 3.27. The van der Waals surface area contributed by atoms with Crippen LogP contribution in [0.4, 0.5) is 9.18 Å². The van der Waals surface area contributed by atoms with E-state index in [0.717, 1.165) is 6.42 Å². The Labute approximate surface area is 97.7 Å². The number of carbonyl (C=O) groups excluding carboxylic acids is 1. The first-order valence-corrected chi connectivity index (χ1v) is 5.58. The van der Waals surface area contributed by atoms with E-state index < -0.39 is 17.4 Å². The lowest BCUT2D eigenvalue weighted by Gasteiger charge is -2.25. The molecule has 1 N–H and O–H groups in total.